The quantitative estimate of drug-likeness (QED) is 0.290. The maximum absolute atomic E-state index is 6.33. The molecule has 0 saturated heterocycles. The largest absolute Gasteiger partial charge is 0.410 e. The summed E-state index contributed by atoms with van der Waals surface area (Å²) in [6.07, 6.45) is 0. The maximum Gasteiger partial charge on any atom is 0.151 e. The van der Waals surface area contributed by atoms with Crippen molar-refractivity contribution in [3.8, 4) is 0 Å². The van der Waals surface area contributed by atoms with Crippen LogP contribution in [0.2, 0.25) is 0 Å². The Morgan fingerprint density at radius 3 is 1.03 bits per heavy atom. The van der Waals surface area contributed by atoms with Gasteiger partial charge in [-0.2, -0.15) is 9.46 Å². The minimum atomic E-state index is 0.409. The summed E-state index contributed by atoms with van der Waals surface area (Å²) in [6, 6.07) is 25.8. The average molecular weight is 477 g/mol. The Labute approximate surface area is 207 Å². The molecule has 0 radical (unpaired) electrons. The average Bonchev–Trinajstić information content (AvgIpc) is 3.37. The van der Waals surface area contributed by atoms with Crippen LogP contribution in [0.1, 0.15) is 22.3 Å². The molecule has 36 heavy (non-hydrogen) atoms. The summed E-state index contributed by atoms with van der Waals surface area (Å²) < 4.78 is 16.2. The van der Waals surface area contributed by atoms with E-state index in [1.807, 2.05) is 9.46 Å². The van der Waals surface area contributed by atoms with E-state index in [0.29, 0.717) is 39.6 Å². The van der Waals surface area contributed by atoms with Crippen molar-refractivity contribution in [1.29, 1.82) is 0 Å². The molecule has 0 spiro atoms. The Kier molecular flexibility index (Phi) is 4.35. The fourth-order valence-electron chi connectivity index (χ4n) is 5.63. The molecule has 6 heteroatoms. The van der Waals surface area contributed by atoms with Gasteiger partial charge in [0.15, 0.2) is 13.2 Å². The van der Waals surface area contributed by atoms with Gasteiger partial charge in [-0.3, -0.25) is 0 Å². The van der Waals surface area contributed by atoms with Crippen LogP contribution in [0, 0.1) is 0 Å². The molecule has 0 aliphatic carbocycles. The van der Waals surface area contributed by atoms with Gasteiger partial charge in [-0.05, 0) is 70.8 Å². The van der Waals surface area contributed by atoms with Crippen molar-refractivity contribution in [1.82, 2.24) is 9.46 Å². The smallest absolute Gasteiger partial charge is 0.151 e. The van der Waals surface area contributed by atoms with Crippen LogP contribution in [-0.2, 0) is 35.9 Å². The molecule has 14 bridgehead atoms. The lowest BCUT2D eigenvalue weighted by Crippen LogP contribution is -2.22. The predicted molar refractivity (Wildman–Crippen MR) is 139 cm³/mol. The summed E-state index contributed by atoms with van der Waals surface area (Å²) in [5.74, 6) is 0. The number of fused-ring (bicyclic) bond motifs is 2. The fourth-order valence-corrected chi connectivity index (χ4v) is 5.63. The molecule has 12 rings (SSSR count). The number of benzene rings is 4. The molecule has 0 N–H and O–H groups in total. The molecular formula is C30H24N2O4. The standard InChI is InChI=1S/C30H24N2O4/c1-5-27-23-11-19(1)15-33-16-20-3-7-29-25(13-20)26-14-22-4-8-30(26)32(29)36-10-9-35-31(27)28-6-2-21(12-24(23)28)17-34-18-22/h1-8,11-14H,9-10,15-18H2. The van der Waals surface area contributed by atoms with Gasteiger partial charge in [0.2, 0.25) is 0 Å². The predicted octanol–water partition coefficient (Wildman–Crippen LogP) is 5.52. The third-order valence-electron chi connectivity index (χ3n) is 7.30. The van der Waals surface area contributed by atoms with Crippen LogP contribution < -0.4 is 9.68 Å². The third kappa shape index (κ3) is 3.05. The van der Waals surface area contributed by atoms with Crippen LogP contribution >= 0.6 is 0 Å². The Balaban J connectivity index is 1.39. The minimum Gasteiger partial charge on any atom is -0.410 e. The molecule has 2 aromatic heterocycles. The first-order valence-corrected chi connectivity index (χ1v) is 12.4. The van der Waals surface area contributed by atoms with E-state index in [2.05, 4.69) is 72.8 Å². The lowest BCUT2D eigenvalue weighted by molar-refractivity contribution is 0.0468. The van der Waals surface area contributed by atoms with Crippen LogP contribution in [0.25, 0.3) is 43.6 Å². The molecule has 6 aliphatic heterocycles. The van der Waals surface area contributed by atoms with Crippen LogP contribution in [0.4, 0.5) is 0 Å². The molecule has 6 aromatic rings. The normalized spacial score (nSPS) is 15.9. The lowest BCUT2D eigenvalue weighted by atomic mass is 10.1. The SMILES string of the molecule is c1cc2c3cc1COCc1ccc4c(c1)c1cc5ccc1n4OCCOn2c1ccc(cc31)COC5. The fraction of sp³-hybridized carbons (Fsp3) is 0.200. The molecule has 0 amide bonds. The Morgan fingerprint density at radius 2 is 0.722 bits per heavy atom. The highest BCUT2D eigenvalue weighted by molar-refractivity contribution is 6.09. The molecule has 6 aliphatic rings. The second-order valence-corrected chi connectivity index (χ2v) is 9.65. The maximum atomic E-state index is 6.33. The monoisotopic (exact) mass is 476 g/mol. The first-order chi connectivity index (χ1) is 17.8. The zero-order valence-corrected chi connectivity index (χ0v) is 19.7. The van der Waals surface area contributed by atoms with E-state index in [4.69, 9.17) is 19.1 Å². The summed E-state index contributed by atoms with van der Waals surface area (Å²) in [6.45, 7) is 2.98. The van der Waals surface area contributed by atoms with Gasteiger partial charge < -0.3 is 19.1 Å². The van der Waals surface area contributed by atoms with E-state index in [1.54, 1.807) is 0 Å². The molecule has 4 aromatic carbocycles. The van der Waals surface area contributed by atoms with Crippen molar-refractivity contribution < 1.29 is 19.1 Å². The highest BCUT2D eigenvalue weighted by Crippen LogP contribution is 2.33. The number of nitrogens with zero attached hydrogens (tertiary/aromatic N) is 2. The zero-order chi connectivity index (χ0) is 23.6. The number of hydrogen-bond donors (Lipinski definition) is 0. The zero-order valence-electron chi connectivity index (χ0n) is 19.7. The lowest BCUT2D eigenvalue weighted by Gasteiger charge is -2.13. The summed E-state index contributed by atoms with van der Waals surface area (Å²) in [5.41, 5.74) is 8.68. The summed E-state index contributed by atoms with van der Waals surface area (Å²) >= 11 is 0. The molecule has 0 atom stereocenters. The van der Waals surface area contributed by atoms with E-state index in [-0.39, 0.29) is 0 Å². The van der Waals surface area contributed by atoms with Gasteiger partial charge >= 0.3 is 0 Å². The van der Waals surface area contributed by atoms with Crippen molar-refractivity contribution in [3.63, 3.8) is 0 Å². The summed E-state index contributed by atoms with van der Waals surface area (Å²) in [7, 11) is 0. The molecule has 8 heterocycles. The van der Waals surface area contributed by atoms with Crippen LogP contribution in [-0.4, -0.2) is 22.7 Å². The Bertz CT molecular complexity index is 1560. The van der Waals surface area contributed by atoms with E-state index in [9.17, 15) is 0 Å². The molecular weight excluding hydrogens is 452 g/mol. The van der Waals surface area contributed by atoms with Crippen molar-refractivity contribution in [3.05, 3.63) is 95.1 Å². The summed E-state index contributed by atoms with van der Waals surface area (Å²) in [4.78, 5) is 12.7. The number of ether oxygens (including phenoxy) is 2. The topological polar surface area (TPSA) is 46.8 Å². The van der Waals surface area contributed by atoms with Gasteiger partial charge in [0.1, 0.15) is 0 Å². The van der Waals surface area contributed by atoms with Crippen LogP contribution in [0.15, 0.2) is 72.8 Å². The second kappa shape index (κ2) is 7.75. The minimum absolute atomic E-state index is 0.409. The van der Waals surface area contributed by atoms with E-state index < -0.39 is 0 Å². The van der Waals surface area contributed by atoms with E-state index in [0.717, 1.165) is 65.9 Å². The van der Waals surface area contributed by atoms with Crippen LogP contribution in [0.3, 0.4) is 0 Å². The van der Waals surface area contributed by atoms with Gasteiger partial charge in [-0.15, -0.1) is 0 Å². The second-order valence-electron chi connectivity index (χ2n) is 9.65. The van der Waals surface area contributed by atoms with Crippen molar-refractivity contribution >= 4 is 43.6 Å². The Hall–Kier alpha value is -4.00. The molecule has 0 unspecified atom stereocenters. The highest BCUT2D eigenvalue weighted by Gasteiger charge is 2.17. The Morgan fingerprint density at radius 1 is 0.417 bits per heavy atom. The number of rotatable bonds is 0. The first kappa shape index (κ1) is 20.2. The van der Waals surface area contributed by atoms with Gasteiger partial charge in [0, 0.05) is 21.5 Å². The van der Waals surface area contributed by atoms with E-state index in [1.165, 1.54) is 0 Å². The molecule has 0 fully saturated rings. The van der Waals surface area contributed by atoms with E-state index >= 15 is 0 Å². The molecule has 178 valence electrons. The summed E-state index contributed by atoms with van der Waals surface area (Å²) in [5, 5.41) is 4.58. The first-order valence-electron chi connectivity index (χ1n) is 12.4. The molecule has 6 nitrogen and oxygen atoms in total. The van der Waals surface area contributed by atoms with Gasteiger partial charge in [-0.1, -0.05) is 24.3 Å². The van der Waals surface area contributed by atoms with Crippen molar-refractivity contribution in [2.75, 3.05) is 13.2 Å². The number of hydrogen-bond acceptors (Lipinski definition) is 4. The van der Waals surface area contributed by atoms with Gasteiger partial charge in [-0.25, -0.2) is 0 Å². The third-order valence-corrected chi connectivity index (χ3v) is 7.30. The van der Waals surface area contributed by atoms with Crippen molar-refractivity contribution in [2.24, 2.45) is 0 Å². The van der Waals surface area contributed by atoms with Gasteiger partial charge in [0.25, 0.3) is 0 Å². The number of aromatic nitrogens is 2. The highest BCUT2D eigenvalue weighted by atomic mass is 16.7. The van der Waals surface area contributed by atoms with Crippen LogP contribution in [0.5, 0.6) is 0 Å². The van der Waals surface area contributed by atoms with Gasteiger partial charge in [0.05, 0.1) is 48.5 Å². The molecule has 0 saturated carbocycles. The van der Waals surface area contributed by atoms with Crippen molar-refractivity contribution in [2.45, 2.75) is 26.4 Å².